The van der Waals surface area contributed by atoms with E-state index >= 15 is 0 Å². The Morgan fingerprint density at radius 1 is 0.738 bits per heavy atom. The monoisotopic (exact) mass is 822 g/mol. The van der Waals surface area contributed by atoms with E-state index in [1.165, 1.54) is 0 Å². The number of carbonyl (C=O) groups is 2. The number of hydrogen-bond acceptors (Lipinski definition) is 7. The van der Waals surface area contributed by atoms with Crippen molar-refractivity contribution < 1.29 is 23.8 Å². The summed E-state index contributed by atoms with van der Waals surface area (Å²) in [6.07, 6.45) is 0.392. The third-order valence-corrected chi connectivity index (χ3v) is 8.41. The van der Waals surface area contributed by atoms with Crippen LogP contribution in [0.1, 0.15) is 33.5 Å². The molecule has 3 N–H and O–H groups in total. The Kier molecular flexibility index (Phi) is 11.5. The fourth-order valence-corrected chi connectivity index (χ4v) is 6.91. The first kappa shape index (κ1) is 32.1. The van der Waals surface area contributed by atoms with E-state index in [9.17, 15) is 9.59 Å². The minimum Gasteiger partial charge on any atom is -0.487 e. The second-order valence-electron chi connectivity index (χ2n) is 9.19. The van der Waals surface area contributed by atoms with Crippen LogP contribution in [0, 0.1) is 0 Å². The normalized spacial score (nSPS) is 10.7. The predicted octanol–water partition coefficient (Wildman–Crippen LogP) is 8.83. The molecule has 0 radical (unpaired) electrons. The van der Waals surface area contributed by atoms with Crippen LogP contribution in [0.4, 0.5) is 11.4 Å². The van der Waals surface area contributed by atoms with E-state index < -0.39 is 11.9 Å². The Bertz CT molecular complexity index is 1570. The molecule has 0 saturated carbocycles. The van der Waals surface area contributed by atoms with Crippen molar-refractivity contribution in [2.24, 2.45) is 0 Å². The molecular weight excluding hydrogens is 800 g/mol. The van der Waals surface area contributed by atoms with Crippen LogP contribution in [-0.2, 0) is 29.2 Å². The Balaban J connectivity index is 1.31. The molecule has 0 aliphatic heterocycles. The number of anilines is 2. The van der Waals surface area contributed by atoms with E-state index in [1.54, 1.807) is 18.2 Å². The third kappa shape index (κ3) is 8.82. The number of carbonyl (C=O) groups excluding carboxylic acids is 2. The molecule has 0 bridgehead atoms. The van der Waals surface area contributed by atoms with Gasteiger partial charge in [-0.2, -0.15) is 0 Å². The zero-order chi connectivity index (χ0) is 30.2. The maximum Gasteiger partial charge on any atom is 0.345 e. The molecule has 0 saturated heterocycles. The second-order valence-corrected chi connectivity index (χ2v) is 12.6. The molecule has 0 unspecified atom stereocenters. The molecule has 218 valence electrons. The minimum absolute atomic E-state index is 0.0192. The Morgan fingerprint density at radius 3 is 1.86 bits per heavy atom. The molecule has 4 rings (SSSR count). The molecule has 0 atom stereocenters. The molecular formula is C31H26Br4N2O5. The summed E-state index contributed by atoms with van der Waals surface area (Å²) in [5.74, 6) is -0.221. The van der Waals surface area contributed by atoms with Gasteiger partial charge in [0.2, 0.25) is 0 Å². The van der Waals surface area contributed by atoms with Crippen molar-refractivity contribution >= 4 is 87.0 Å². The number of nitrogens with two attached hydrogens (primary N) is 1. The van der Waals surface area contributed by atoms with Crippen LogP contribution in [-0.4, -0.2) is 19.0 Å². The number of aryl methyl sites for hydroxylation is 1. The van der Waals surface area contributed by atoms with E-state index in [2.05, 4.69) is 69.0 Å². The predicted molar refractivity (Wildman–Crippen MR) is 178 cm³/mol. The van der Waals surface area contributed by atoms with Crippen molar-refractivity contribution in [1.29, 1.82) is 0 Å². The zero-order valence-corrected chi connectivity index (χ0v) is 28.7. The van der Waals surface area contributed by atoms with Crippen molar-refractivity contribution in [2.75, 3.05) is 18.1 Å². The molecule has 7 nitrogen and oxygen atoms in total. The lowest BCUT2D eigenvalue weighted by Crippen LogP contribution is -2.13. The Morgan fingerprint density at radius 2 is 1.29 bits per heavy atom. The number of esters is 2. The van der Waals surface area contributed by atoms with Gasteiger partial charge in [0.1, 0.15) is 24.7 Å². The second kappa shape index (κ2) is 15.0. The first-order chi connectivity index (χ1) is 20.1. The van der Waals surface area contributed by atoms with Gasteiger partial charge in [-0.15, -0.1) is 0 Å². The van der Waals surface area contributed by atoms with Crippen molar-refractivity contribution in [1.82, 2.24) is 0 Å². The number of rotatable bonds is 11. The van der Waals surface area contributed by atoms with Gasteiger partial charge in [-0.05, 0) is 135 Å². The van der Waals surface area contributed by atoms with Gasteiger partial charge in [-0.25, -0.2) is 4.79 Å². The van der Waals surface area contributed by atoms with E-state index in [0.29, 0.717) is 39.2 Å². The lowest BCUT2D eigenvalue weighted by molar-refractivity contribution is -0.137. The number of halogens is 4. The molecule has 11 heteroatoms. The molecule has 42 heavy (non-hydrogen) atoms. The minimum atomic E-state index is -0.753. The first-order valence-electron chi connectivity index (χ1n) is 12.7. The fourth-order valence-electron chi connectivity index (χ4n) is 3.98. The number of hydrogen-bond donors (Lipinski definition) is 2. The molecule has 0 spiro atoms. The summed E-state index contributed by atoms with van der Waals surface area (Å²) in [6, 6.07) is 22.2. The molecule has 4 aromatic rings. The van der Waals surface area contributed by atoms with Crippen LogP contribution in [0.5, 0.6) is 11.5 Å². The average molecular weight is 826 g/mol. The van der Waals surface area contributed by atoms with Crippen molar-refractivity contribution in [2.45, 2.75) is 26.1 Å². The van der Waals surface area contributed by atoms with Crippen LogP contribution in [0.25, 0.3) is 0 Å². The fraction of sp³-hybridized carbons (Fsp3) is 0.161. The van der Waals surface area contributed by atoms with Gasteiger partial charge >= 0.3 is 11.9 Å². The van der Waals surface area contributed by atoms with Crippen LogP contribution in [0.3, 0.4) is 0 Å². The van der Waals surface area contributed by atoms with E-state index in [4.69, 9.17) is 19.9 Å². The summed E-state index contributed by atoms with van der Waals surface area (Å²) in [4.78, 5) is 25.2. The third-order valence-electron chi connectivity index (χ3n) is 6.05. The molecule has 0 amide bonds. The zero-order valence-electron chi connectivity index (χ0n) is 22.4. The number of ether oxygens (including phenoxy) is 3. The number of benzene rings is 4. The van der Waals surface area contributed by atoms with Gasteiger partial charge in [0.05, 0.1) is 29.9 Å². The highest BCUT2D eigenvalue weighted by Crippen LogP contribution is 2.37. The average Bonchev–Trinajstić information content (AvgIpc) is 2.95. The van der Waals surface area contributed by atoms with Gasteiger partial charge in [0.25, 0.3) is 0 Å². The van der Waals surface area contributed by atoms with Crippen LogP contribution < -0.4 is 20.5 Å². The highest BCUT2D eigenvalue weighted by molar-refractivity contribution is 9.11. The van der Waals surface area contributed by atoms with Crippen molar-refractivity contribution in [3.05, 3.63) is 113 Å². The summed E-state index contributed by atoms with van der Waals surface area (Å²) in [6.45, 7) is 0.677. The van der Waals surface area contributed by atoms with Gasteiger partial charge in [0, 0.05) is 18.4 Å². The lowest BCUT2D eigenvalue weighted by atomic mass is 10.1. The number of nitrogens with one attached hydrogen (secondary N) is 1. The van der Waals surface area contributed by atoms with E-state index in [1.807, 2.05) is 61.6 Å². The maximum absolute atomic E-state index is 12.7. The van der Waals surface area contributed by atoms with Crippen LogP contribution in [0.2, 0.25) is 0 Å². The SMILES string of the molecule is CNc1cccc(COc2c(Br)cc(CCC(=O)OC(=O)c3cc(Br)c(OCc4cccc(N)c4)c(Br)c3)cc2Br)c1. The molecule has 0 fully saturated rings. The van der Waals surface area contributed by atoms with E-state index in [0.717, 1.165) is 31.3 Å². The standard InChI is InChI=1S/C31H26Br4N2O5/c1-37-23-7-3-5-20(11-23)17-41-29-24(32)12-18(13-25(29)33)8-9-28(38)42-31(39)21-14-26(34)30(27(35)15-21)40-16-19-4-2-6-22(36)10-19/h2-7,10-15,37H,8-9,16-17,36H2,1H3. The van der Waals surface area contributed by atoms with Gasteiger partial charge in [-0.1, -0.05) is 24.3 Å². The summed E-state index contributed by atoms with van der Waals surface area (Å²) < 4.78 is 19.6. The summed E-state index contributed by atoms with van der Waals surface area (Å²) in [5, 5.41) is 3.11. The topological polar surface area (TPSA) is 99.9 Å². The maximum atomic E-state index is 12.7. The summed E-state index contributed by atoms with van der Waals surface area (Å²) in [7, 11) is 1.87. The van der Waals surface area contributed by atoms with Gasteiger partial charge in [-0.3, -0.25) is 4.79 Å². The highest BCUT2D eigenvalue weighted by atomic mass is 79.9. The summed E-state index contributed by atoms with van der Waals surface area (Å²) in [5.41, 5.74) is 10.5. The Hall–Kier alpha value is -2.86. The van der Waals surface area contributed by atoms with Crippen LogP contribution in [0.15, 0.2) is 90.7 Å². The van der Waals surface area contributed by atoms with Crippen LogP contribution >= 0.6 is 63.7 Å². The van der Waals surface area contributed by atoms with Gasteiger partial charge in [0.15, 0.2) is 0 Å². The molecule has 0 aromatic heterocycles. The van der Waals surface area contributed by atoms with Gasteiger partial charge < -0.3 is 25.3 Å². The summed E-state index contributed by atoms with van der Waals surface area (Å²) >= 11 is 14.0. The van der Waals surface area contributed by atoms with Crippen molar-refractivity contribution in [3.63, 3.8) is 0 Å². The molecule has 0 aliphatic carbocycles. The lowest BCUT2D eigenvalue weighted by Gasteiger charge is -2.13. The van der Waals surface area contributed by atoms with Crippen molar-refractivity contribution in [3.8, 4) is 11.5 Å². The molecule has 0 aliphatic rings. The van der Waals surface area contributed by atoms with E-state index in [-0.39, 0.29) is 18.6 Å². The molecule has 0 heterocycles. The quantitative estimate of drug-likeness (QED) is 0.0886. The first-order valence-corrected chi connectivity index (χ1v) is 15.9. The smallest absolute Gasteiger partial charge is 0.345 e. The largest absolute Gasteiger partial charge is 0.487 e. The highest BCUT2D eigenvalue weighted by Gasteiger charge is 2.18. The Labute approximate surface area is 277 Å². The molecule has 4 aromatic carbocycles. The number of nitrogen functional groups attached to an aromatic ring is 1.